The molecule has 0 unspecified atom stereocenters. The fourth-order valence-electron chi connectivity index (χ4n) is 2.28. The maximum Gasteiger partial charge on any atom is 0.286 e. The molecule has 3 aromatic rings. The van der Waals surface area contributed by atoms with Crippen LogP contribution in [0.25, 0.3) is 0 Å². The molecule has 0 fully saturated rings. The Bertz CT molecular complexity index is 876. The number of aryl methyl sites for hydroxylation is 1. The molecule has 0 atom stereocenters. The van der Waals surface area contributed by atoms with Crippen LogP contribution < -0.4 is 10.1 Å². The Morgan fingerprint density at radius 3 is 2.85 bits per heavy atom. The van der Waals surface area contributed by atoms with E-state index in [-0.39, 0.29) is 18.3 Å². The van der Waals surface area contributed by atoms with Gasteiger partial charge in [-0.05, 0) is 30.7 Å². The van der Waals surface area contributed by atoms with E-state index in [2.05, 4.69) is 10.4 Å². The zero-order valence-corrected chi connectivity index (χ0v) is 15.3. The fraction of sp³-hybridized carbons (Fsp3) is 0.222. The number of amides is 1. The largest absolute Gasteiger partial charge is 0.484 e. The lowest BCUT2D eigenvalue weighted by atomic mass is 10.3. The predicted molar refractivity (Wildman–Crippen MR) is 98.7 cm³/mol. The minimum Gasteiger partial charge on any atom is -0.484 e. The highest BCUT2D eigenvalue weighted by Gasteiger charge is 2.11. The molecular formula is C18H17Cl2N3O3. The van der Waals surface area contributed by atoms with Crippen LogP contribution in [0.3, 0.4) is 0 Å². The summed E-state index contributed by atoms with van der Waals surface area (Å²) in [4.78, 5) is 12.1. The molecular weight excluding hydrogens is 377 g/mol. The van der Waals surface area contributed by atoms with E-state index in [0.29, 0.717) is 34.6 Å². The van der Waals surface area contributed by atoms with Gasteiger partial charge in [0.05, 0.1) is 16.2 Å². The first-order chi connectivity index (χ1) is 12.6. The number of nitrogens with one attached hydrogen (secondary N) is 1. The van der Waals surface area contributed by atoms with Crippen molar-refractivity contribution in [3.05, 3.63) is 70.4 Å². The summed E-state index contributed by atoms with van der Waals surface area (Å²) in [6, 6.07) is 10.5. The molecule has 0 saturated carbocycles. The molecule has 0 bridgehead atoms. The molecule has 0 radical (unpaired) electrons. The number of nitrogens with zero attached hydrogens (tertiary/aromatic N) is 2. The van der Waals surface area contributed by atoms with Crippen LogP contribution in [-0.2, 0) is 13.2 Å². The quantitative estimate of drug-likeness (QED) is 0.582. The van der Waals surface area contributed by atoms with Gasteiger partial charge in [0.25, 0.3) is 5.91 Å². The minimum atomic E-state index is -0.271. The Morgan fingerprint density at radius 1 is 1.23 bits per heavy atom. The van der Waals surface area contributed by atoms with Gasteiger partial charge in [0.1, 0.15) is 18.1 Å². The molecule has 2 aromatic heterocycles. The number of benzene rings is 1. The average molecular weight is 394 g/mol. The van der Waals surface area contributed by atoms with Gasteiger partial charge in [-0.15, -0.1) is 0 Å². The number of rotatable bonds is 8. The molecule has 2 heterocycles. The lowest BCUT2D eigenvalue weighted by molar-refractivity contribution is 0.0921. The van der Waals surface area contributed by atoms with Crippen LogP contribution in [0.1, 0.15) is 22.7 Å². The fourth-order valence-corrected chi connectivity index (χ4v) is 2.63. The normalized spacial score (nSPS) is 10.7. The van der Waals surface area contributed by atoms with Crippen LogP contribution in [0.4, 0.5) is 0 Å². The Kier molecular flexibility index (Phi) is 6.20. The van der Waals surface area contributed by atoms with Crippen molar-refractivity contribution in [3.63, 3.8) is 0 Å². The Labute approximate surface area is 160 Å². The van der Waals surface area contributed by atoms with Crippen molar-refractivity contribution in [1.82, 2.24) is 15.1 Å². The number of aromatic nitrogens is 2. The van der Waals surface area contributed by atoms with Crippen LogP contribution in [0, 0.1) is 0 Å². The highest BCUT2D eigenvalue weighted by atomic mass is 35.5. The highest BCUT2D eigenvalue weighted by Crippen LogP contribution is 2.24. The van der Waals surface area contributed by atoms with E-state index < -0.39 is 0 Å². The smallest absolute Gasteiger partial charge is 0.286 e. The van der Waals surface area contributed by atoms with Gasteiger partial charge in [-0.3, -0.25) is 9.48 Å². The number of halogens is 2. The van der Waals surface area contributed by atoms with Crippen molar-refractivity contribution in [3.8, 4) is 5.75 Å². The number of furan rings is 1. The monoisotopic (exact) mass is 393 g/mol. The van der Waals surface area contributed by atoms with Crippen LogP contribution in [0.15, 0.2) is 53.2 Å². The zero-order chi connectivity index (χ0) is 18.4. The number of carbonyl (C=O) groups is 1. The van der Waals surface area contributed by atoms with Gasteiger partial charge in [-0.25, -0.2) is 0 Å². The molecule has 1 aromatic carbocycles. The molecule has 0 aliphatic heterocycles. The van der Waals surface area contributed by atoms with Gasteiger partial charge >= 0.3 is 0 Å². The third-order valence-electron chi connectivity index (χ3n) is 3.54. The summed E-state index contributed by atoms with van der Waals surface area (Å²) in [5.74, 6) is 1.08. The second kappa shape index (κ2) is 8.78. The van der Waals surface area contributed by atoms with Crippen molar-refractivity contribution in [2.75, 3.05) is 6.54 Å². The second-order valence-electron chi connectivity index (χ2n) is 5.52. The Morgan fingerprint density at radius 2 is 2.08 bits per heavy atom. The van der Waals surface area contributed by atoms with Gasteiger partial charge in [0.15, 0.2) is 5.76 Å². The summed E-state index contributed by atoms with van der Waals surface area (Å²) in [5, 5.41) is 8.00. The Balaban J connectivity index is 1.43. The average Bonchev–Trinajstić information content (AvgIpc) is 3.27. The molecule has 1 N–H and O–H groups in total. The van der Waals surface area contributed by atoms with E-state index in [1.54, 1.807) is 41.3 Å². The van der Waals surface area contributed by atoms with Crippen molar-refractivity contribution in [1.29, 1.82) is 0 Å². The third kappa shape index (κ3) is 5.03. The molecule has 6 nitrogen and oxygen atoms in total. The van der Waals surface area contributed by atoms with Crippen LogP contribution in [0.5, 0.6) is 5.75 Å². The van der Waals surface area contributed by atoms with E-state index in [1.165, 1.54) is 0 Å². The van der Waals surface area contributed by atoms with Crippen molar-refractivity contribution < 1.29 is 13.9 Å². The molecule has 1 amide bonds. The van der Waals surface area contributed by atoms with Gasteiger partial charge < -0.3 is 14.5 Å². The highest BCUT2D eigenvalue weighted by molar-refractivity contribution is 6.32. The van der Waals surface area contributed by atoms with E-state index in [1.807, 2.05) is 12.1 Å². The van der Waals surface area contributed by atoms with Crippen LogP contribution in [0.2, 0.25) is 10.0 Å². The zero-order valence-electron chi connectivity index (χ0n) is 13.8. The van der Waals surface area contributed by atoms with E-state index in [9.17, 15) is 4.79 Å². The molecule has 0 aliphatic rings. The number of hydrogen-bond acceptors (Lipinski definition) is 4. The summed E-state index contributed by atoms with van der Waals surface area (Å²) in [7, 11) is 0. The van der Waals surface area contributed by atoms with Gasteiger partial charge in [0.2, 0.25) is 0 Å². The maximum absolute atomic E-state index is 12.1. The van der Waals surface area contributed by atoms with Crippen molar-refractivity contribution in [2.24, 2.45) is 0 Å². The summed E-state index contributed by atoms with van der Waals surface area (Å²) in [6.45, 7) is 1.36. The van der Waals surface area contributed by atoms with Crippen LogP contribution >= 0.6 is 23.2 Å². The summed E-state index contributed by atoms with van der Waals surface area (Å²) < 4.78 is 12.8. The summed E-state index contributed by atoms with van der Waals surface area (Å²) in [5.41, 5.74) is 0. The SMILES string of the molecule is O=C(NCCCn1cc(Cl)cn1)c1ccc(COc2ccccc2Cl)o1. The molecule has 8 heteroatoms. The van der Waals surface area contributed by atoms with Gasteiger partial charge in [-0.2, -0.15) is 5.10 Å². The molecule has 3 rings (SSSR count). The first-order valence-corrected chi connectivity index (χ1v) is 8.79. The number of hydrogen-bond donors (Lipinski definition) is 1. The summed E-state index contributed by atoms with van der Waals surface area (Å²) in [6.07, 6.45) is 4.04. The van der Waals surface area contributed by atoms with Gasteiger partial charge in [0, 0.05) is 19.3 Å². The first kappa shape index (κ1) is 18.4. The predicted octanol–water partition coefficient (Wildman–Crippen LogP) is 4.18. The third-order valence-corrected chi connectivity index (χ3v) is 4.05. The lowest BCUT2D eigenvalue weighted by Crippen LogP contribution is -2.24. The lowest BCUT2D eigenvalue weighted by Gasteiger charge is -2.06. The van der Waals surface area contributed by atoms with Crippen molar-refractivity contribution in [2.45, 2.75) is 19.6 Å². The molecule has 26 heavy (non-hydrogen) atoms. The maximum atomic E-state index is 12.1. The molecule has 0 saturated heterocycles. The molecule has 0 spiro atoms. The van der Waals surface area contributed by atoms with Gasteiger partial charge in [-0.1, -0.05) is 35.3 Å². The van der Waals surface area contributed by atoms with Crippen LogP contribution in [-0.4, -0.2) is 22.2 Å². The van der Waals surface area contributed by atoms with E-state index >= 15 is 0 Å². The Hall–Kier alpha value is -2.44. The van der Waals surface area contributed by atoms with E-state index in [4.69, 9.17) is 32.4 Å². The van der Waals surface area contributed by atoms with E-state index in [0.717, 1.165) is 6.42 Å². The topological polar surface area (TPSA) is 69.3 Å². The molecule has 0 aliphatic carbocycles. The second-order valence-corrected chi connectivity index (χ2v) is 6.36. The number of ether oxygens (including phenoxy) is 1. The molecule has 136 valence electrons. The number of carbonyl (C=O) groups excluding carboxylic acids is 1. The standard InChI is InChI=1S/C18H17Cl2N3O3/c19-13-10-22-23(11-13)9-3-8-21-18(24)17-7-6-14(26-17)12-25-16-5-2-1-4-15(16)20/h1-2,4-7,10-11H,3,8-9,12H2,(H,21,24). The summed E-state index contributed by atoms with van der Waals surface area (Å²) >= 11 is 11.8. The first-order valence-electron chi connectivity index (χ1n) is 8.04. The minimum absolute atomic E-state index is 0.192. The van der Waals surface area contributed by atoms with Crippen molar-refractivity contribution >= 4 is 29.1 Å². The number of para-hydroxylation sites is 1.